The van der Waals surface area contributed by atoms with Crippen molar-refractivity contribution in [3.63, 3.8) is 0 Å². The van der Waals surface area contributed by atoms with Gasteiger partial charge in [-0.2, -0.15) is 0 Å². The van der Waals surface area contributed by atoms with Gasteiger partial charge in [0.05, 0.1) is 28.1 Å². The van der Waals surface area contributed by atoms with E-state index in [1.165, 1.54) is 12.1 Å². The third-order valence-corrected chi connectivity index (χ3v) is 5.85. The van der Waals surface area contributed by atoms with Crippen molar-refractivity contribution in [2.45, 2.75) is 52.4 Å². The van der Waals surface area contributed by atoms with E-state index in [0.717, 1.165) is 11.1 Å². The second kappa shape index (κ2) is 7.69. The fraction of sp³-hybridized carbons (Fsp3) is 0.348. The first-order valence-corrected chi connectivity index (χ1v) is 11.4. The normalized spacial score (nSPS) is 12.8. The van der Waals surface area contributed by atoms with E-state index in [2.05, 4.69) is 56.5 Å². The quantitative estimate of drug-likeness (QED) is 0.595. The average Bonchev–Trinajstić information content (AvgIpc) is 2.66. The summed E-state index contributed by atoms with van der Waals surface area (Å²) in [6, 6.07) is 10.5. The van der Waals surface area contributed by atoms with Crippen molar-refractivity contribution in [1.29, 1.82) is 0 Å². The first-order chi connectivity index (χ1) is 13.7. The minimum absolute atomic E-state index is 0.0933. The largest absolute Gasteiger partial charge is 0.356 e. The Labute approximate surface area is 177 Å². The Bertz CT molecular complexity index is 1050. The summed E-state index contributed by atoms with van der Waals surface area (Å²) in [5.41, 5.74) is 3.86. The van der Waals surface area contributed by atoms with Crippen LogP contribution in [0.15, 0.2) is 48.8 Å². The summed E-state index contributed by atoms with van der Waals surface area (Å²) in [5, 5.41) is -0.103. The maximum absolute atomic E-state index is 12.1. The van der Waals surface area contributed by atoms with E-state index in [0.29, 0.717) is 22.8 Å². The molecular formula is C23H28N3O3P. The second-order valence-corrected chi connectivity index (χ2v) is 11.1. The van der Waals surface area contributed by atoms with Gasteiger partial charge in [-0.25, -0.2) is 4.98 Å². The third kappa shape index (κ3) is 5.01. The lowest BCUT2D eigenvalue weighted by atomic mass is 9.87. The second-order valence-electron chi connectivity index (χ2n) is 9.50. The van der Waals surface area contributed by atoms with E-state index in [1.54, 1.807) is 12.4 Å². The molecule has 3 aromatic rings. The average molecular weight is 425 g/mol. The summed E-state index contributed by atoms with van der Waals surface area (Å²) >= 11 is 0. The van der Waals surface area contributed by atoms with Gasteiger partial charge in [0.1, 0.15) is 0 Å². The molecule has 0 atom stereocenters. The molecule has 30 heavy (non-hydrogen) atoms. The van der Waals surface area contributed by atoms with E-state index in [9.17, 15) is 14.4 Å². The van der Waals surface area contributed by atoms with Gasteiger partial charge in [-0.1, -0.05) is 41.5 Å². The van der Waals surface area contributed by atoms with Gasteiger partial charge in [0.15, 0.2) is 0 Å². The molecule has 158 valence electrons. The summed E-state index contributed by atoms with van der Waals surface area (Å²) in [5.74, 6) is 0. The molecule has 0 radical (unpaired) electrons. The number of rotatable bonds is 3. The van der Waals surface area contributed by atoms with Gasteiger partial charge in [0, 0.05) is 12.4 Å². The Morgan fingerprint density at radius 1 is 0.700 bits per heavy atom. The fourth-order valence-corrected chi connectivity index (χ4v) is 3.60. The highest BCUT2D eigenvalue weighted by atomic mass is 31.2. The Kier molecular flexibility index (Phi) is 5.72. The molecule has 0 saturated heterocycles. The standard InChI is InChI=1S/C23H28N3O3P/c1-22(2,3)15-7-9-24-18(11-15)20-13-17(30(27,28)29)14-21(26-20)19-12-16(8-10-25-19)23(4,5)6/h7-14H,1-6H3,(H2,27,28,29). The molecular weight excluding hydrogens is 397 g/mol. The minimum atomic E-state index is -4.50. The van der Waals surface area contributed by atoms with Crippen LogP contribution in [0.2, 0.25) is 0 Å². The summed E-state index contributed by atoms with van der Waals surface area (Å²) in [4.78, 5) is 33.2. The third-order valence-electron chi connectivity index (χ3n) is 4.92. The summed E-state index contributed by atoms with van der Waals surface area (Å²) < 4.78 is 12.1. The zero-order valence-electron chi connectivity index (χ0n) is 18.2. The van der Waals surface area contributed by atoms with Crippen LogP contribution in [-0.4, -0.2) is 24.7 Å². The maximum atomic E-state index is 12.1. The van der Waals surface area contributed by atoms with E-state index >= 15 is 0 Å². The van der Waals surface area contributed by atoms with Crippen molar-refractivity contribution in [2.24, 2.45) is 0 Å². The molecule has 0 spiro atoms. The van der Waals surface area contributed by atoms with Crippen LogP contribution in [0, 0.1) is 0 Å². The SMILES string of the molecule is CC(C)(C)c1ccnc(-c2cc(P(=O)(O)O)cc(-c3cc(C(C)(C)C)ccn3)n2)c1. The Balaban J connectivity index is 2.22. The molecule has 3 rings (SSSR count). The Morgan fingerprint density at radius 3 is 1.43 bits per heavy atom. The highest BCUT2D eigenvalue weighted by molar-refractivity contribution is 7.60. The van der Waals surface area contributed by atoms with Crippen LogP contribution in [0.5, 0.6) is 0 Å². The van der Waals surface area contributed by atoms with Crippen molar-refractivity contribution < 1.29 is 14.4 Å². The van der Waals surface area contributed by atoms with Gasteiger partial charge < -0.3 is 9.79 Å². The molecule has 0 fully saturated rings. The molecule has 0 aliphatic rings. The zero-order chi connectivity index (χ0) is 22.3. The lowest BCUT2D eigenvalue weighted by Gasteiger charge is -2.20. The molecule has 2 N–H and O–H groups in total. The van der Waals surface area contributed by atoms with Crippen LogP contribution >= 0.6 is 7.60 Å². The number of hydrogen-bond acceptors (Lipinski definition) is 4. The number of hydrogen-bond donors (Lipinski definition) is 2. The molecule has 0 amide bonds. The van der Waals surface area contributed by atoms with Crippen LogP contribution in [-0.2, 0) is 15.4 Å². The molecule has 3 aromatic heterocycles. The monoisotopic (exact) mass is 425 g/mol. The van der Waals surface area contributed by atoms with Crippen molar-refractivity contribution in [1.82, 2.24) is 15.0 Å². The number of aromatic nitrogens is 3. The fourth-order valence-electron chi connectivity index (χ4n) is 3.02. The van der Waals surface area contributed by atoms with Gasteiger partial charge in [0.2, 0.25) is 0 Å². The van der Waals surface area contributed by atoms with E-state index in [1.807, 2.05) is 24.3 Å². The van der Waals surface area contributed by atoms with Crippen LogP contribution in [0.25, 0.3) is 22.8 Å². The van der Waals surface area contributed by atoms with E-state index < -0.39 is 7.60 Å². The molecule has 0 bridgehead atoms. The Morgan fingerprint density at radius 2 is 1.10 bits per heavy atom. The van der Waals surface area contributed by atoms with Gasteiger partial charge in [-0.05, 0) is 58.4 Å². The van der Waals surface area contributed by atoms with Crippen LogP contribution in [0.3, 0.4) is 0 Å². The lowest BCUT2D eigenvalue weighted by molar-refractivity contribution is 0.387. The summed E-state index contributed by atoms with van der Waals surface area (Å²) in [7, 11) is -4.50. The van der Waals surface area contributed by atoms with E-state index in [-0.39, 0.29) is 16.1 Å². The van der Waals surface area contributed by atoms with Crippen molar-refractivity contribution >= 4 is 12.9 Å². The number of pyridine rings is 3. The lowest BCUT2D eigenvalue weighted by Crippen LogP contribution is -2.13. The van der Waals surface area contributed by atoms with Gasteiger partial charge >= 0.3 is 7.60 Å². The molecule has 0 saturated carbocycles. The highest BCUT2D eigenvalue weighted by Crippen LogP contribution is 2.36. The topological polar surface area (TPSA) is 96.2 Å². The van der Waals surface area contributed by atoms with Gasteiger partial charge in [-0.15, -0.1) is 0 Å². The zero-order valence-corrected chi connectivity index (χ0v) is 19.1. The van der Waals surface area contributed by atoms with Gasteiger partial charge in [-0.3, -0.25) is 14.5 Å². The van der Waals surface area contributed by atoms with Gasteiger partial charge in [0.25, 0.3) is 0 Å². The van der Waals surface area contributed by atoms with Crippen LogP contribution < -0.4 is 5.30 Å². The predicted molar refractivity (Wildman–Crippen MR) is 120 cm³/mol. The van der Waals surface area contributed by atoms with Crippen LogP contribution in [0.1, 0.15) is 52.7 Å². The maximum Gasteiger partial charge on any atom is 0.356 e. The van der Waals surface area contributed by atoms with Crippen molar-refractivity contribution in [3.05, 3.63) is 59.9 Å². The molecule has 3 heterocycles. The minimum Gasteiger partial charge on any atom is -0.321 e. The summed E-state index contributed by atoms with van der Waals surface area (Å²) in [6.07, 6.45) is 3.39. The molecule has 6 nitrogen and oxygen atoms in total. The van der Waals surface area contributed by atoms with Crippen LogP contribution in [0.4, 0.5) is 0 Å². The first-order valence-electron chi connectivity index (χ1n) is 9.77. The molecule has 0 aliphatic heterocycles. The number of nitrogens with zero attached hydrogens (tertiary/aromatic N) is 3. The van der Waals surface area contributed by atoms with E-state index in [4.69, 9.17) is 0 Å². The molecule has 7 heteroatoms. The summed E-state index contributed by atoms with van der Waals surface area (Å²) in [6.45, 7) is 12.6. The van der Waals surface area contributed by atoms with Crippen molar-refractivity contribution in [2.75, 3.05) is 0 Å². The van der Waals surface area contributed by atoms with Crippen molar-refractivity contribution in [3.8, 4) is 22.8 Å². The predicted octanol–water partition coefficient (Wildman–Crippen LogP) is 4.60. The smallest absolute Gasteiger partial charge is 0.321 e. The Hall–Kier alpha value is -2.40. The molecule has 0 unspecified atom stereocenters. The highest BCUT2D eigenvalue weighted by Gasteiger charge is 2.23. The molecule has 0 aliphatic carbocycles. The molecule has 0 aromatic carbocycles. The first kappa shape index (κ1) is 22.3.